The lowest BCUT2D eigenvalue weighted by atomic mass is 10.2. The third kappa shape index (κ3) is 0.902. The van der Waals surface area contributed by atoms with Crippen LogP contribution < -0.4 is 5.73 Å². The van der Waals surface area contributed by atoms with Crippen LogP contribution >= 0.6 is 0 Å². The van der Waals surface area contributed by atoms with Gasteiger partial charge in [0.2, 0.25) is 0 Å². The van der Waals surface area contributed by atoms with Gasteiger partial charge >= 0.3 is 0 Å². The Balaban J connectivity index is 2.80. The van der Waals surface area contributed by atoms with Crippen LogP contribution in [0.1, 0.15) is 5.56 Å². The van der Waals surface area contributed by atoms with Crippen molar-refractivity contribution in [3.63, 3.8) is 0 Å². The predicted octanol–water partition coefficient (Wildman–Crippen LogP) is 0.390. The number of hydrogen-bond donors (Lipinski definition) is 1. The number of nitrogens with zero attached hydrogens (tertiary/aromatic N) is 1. The fraction of sp³-hybridized carbons (Fsp3) is 0. The van der Waals surface area contributed by atoms with E-state index in [0.717, 1.165) is 0 Å². The second kappa shape index (κ2) is 2.07. The molecule has 1 aliphatic heterocycles. The first-order valence-electron chi connectivity index (χ1n) is 3.29. The predicted molar refractivity (Wildman–Crippen MR) is 45.6 cm³/mol. The third-order valence-corrected chi connectivity index (χ3v) is 2.94. The molecule has 0 atom stereocenters. The molecule has 0 radical (unpaired) electrons. The summed E-state index contributed by atoms with van der Waals surface area (Å²) in [6, 6.07) is 4.70. The number of fused-ring (bicyclic) bond motifs is 1. The number of sulfonamides is 1. The monoisotopic (exact) mass is 182 g/mol. The quantitative estimate of drug-likeness (QED) is 0.590. The minimum atomic E-state index is -3.44. The van der Waals surface area contributed by atoms with Crippen LogP contribution in [-0.4, -0.2) is 14.6 Å². The topological polar surface area (TPSA) is 72.5 Å². The first-order valence-corrected chi connectivity index (χ1v) is 4.73. The van der Waals surface area contributed by atoms with Crippen LogP contribution in [0.4, 0.5) is 5.69 Å². The Kier molecular flexibility index (Phi) is 1.26. The summed E-state index contributed by atoms with van der Waals surface area (Å²) < 4.78 is 25.7. The van der Waals surface area contributed by atoms with Crippen LogP contribution in [-0.2, 0) is 10.0 Å². The molecule has 0 aromatic heterocycles. The number of anilines is 1. The standard InChI is InChI=1S/C7H6N2O2S/c8-6-2-1-5-4-9-12(10,11)7(5)3-6/h1-4H,8H2. The highest BCUT2D eigenvalue weighted by Crippen LogP contribution is 2.24. The first kappa shape index (κ1) is 7.30. The summed E-state index contributed by atoms with van der Waals surface area (Å²) in [7, 11) is -3.44. The molecule has 0 aliphatic carbocycles. The molecule has 4 nitrogen and oxygen atoms in total. The number of rotatable bonds is 0. The molecule has 0 saturated heterocycles. The van der Waals surface area contributed by atoms with Gasteiger partial charge in [-0.15, -0.1) is 0 Å². The van der Waals surface area contributed by atoms with Gasteiger partial charge in [-0.2, -0.15) is 12.8 Å². The normalized spacial score (nSPS) is 17.7. The molecule has 1 aromatic rings. The van der Waals surface area contributed by atoms with Crippen molar-refractivity contribution in [1.29, 1.82) is 0 Å². The highest BCUT2D eigenvalue weighted by Gasteiger charge is 2.21. The van der Waals surface area contributed by atoms with Gasteiger partial charge in [0.15, 0.2) is 0 Å². The maximum absolute atomic E-state index is 11.2. The summed E-state index contributed by atoms with van der Waals surface area (Å²) in [4.78, 5) is 0.197. The van der Waals surface area contributed by atoms with E-state index in [1.807, 2.05) is 0 Å². The van der Waals surface area contributed by atoms with E-state index in [1.54, 1.807) is 12.1 Å². The van der Waals surface area contributed by atoms with E-state index in [0.29, 0.717) is 11.3 Å². The molecule has 1 aromatic carbocycles. The SMILES string of the molecule is Nc1ccc2c(c1)S(=O)(=O)N=C2. The Bertz CT molecular complexity index is 462. The van der Waals surface area contributed by atoms with Crippen molar-refractivity contribution in [3.05, 3.63) is 23.8 Å². The van der Waals surface area contributed by atoms with Crippen molar-refractivity contribution in [2.75, 3.05) is 5.73 Å². The fourth-order valence-electron chi connectivity index (χ4n) is 1.06. The summed E-state index contributed by atoms with van der Waals surface area (Å²) >= 11 is 0. The molecule has 0 saturated carbocycles. The molecule has 2 rings (SSSR count). The van der Waals surface area contributed by atoms with Gasteiger partial charge in [0.05, 0.1) is 0 Å². The van der Waals surface area contributed by atoms with Gasteiger partial charge in [0.1, 0.15) is 4.90 Å². The average Bonchev–Trinajstić information content (AvgIpc) is 2.28. The van der Waals surface area contributed by atoms with Crippen LogP contribution in [0.25, 0.3) is 0 Å². The summed E-state index contributed by atoms with van der Waals surface area (Å²) in [5.41, 5.74) is 6.47. The highest BCUT2D eigenvalue weighted by atomic mass is 32.2. The summed E-state index contributed by atoms with van der Waals surface area (Å²) in [5.74, 6) is 0. The van der Waals surface area contributed by atoms with Crippen molar-refractivity contribution < 1.29 is 8.42 Å². The molecule has 5 heteroatoms. The van der Waals surface area contributed by atoms with Crippen LogP contribution in [0.5, 0.6) is 0 Å². The van der Waals surface area contributed by atoms with E-state index in [1.165, 1.54) is 12.3 Å². The maximum atomic E-state index is 11.2. The van der Waals surface area contributed by atoms with E-state index in [9.17, 15) is 8.42 Å². The summed E-state index contributed by atoms with van der Waals surface area (Å²) in [6.45, 7) is 0. The molecular formula is C7H6N2O2S. The van der Waals surface area contributed by atoms with Crippen molar-refractivity contribution in [1.82, 2.24) is 0 Å². The molecule has 2 N–H and O–H groups in total. The molecule has 0 bridgehead atoms. The van der Waals surface area contributed by atoms with E-state index < -0.39 is 10.0 Å². The zero-order valence-corrected chi connectivity index (χ0v) is 6.88. The Labute approximate surface area is 69.8 Å². The van der Waals surface area contributed by atoms with Crippen LogP contribution in [0.2, 0.25) is 0 Å². The lowest BCUT2D eigenvalue weighted by Crippen LogP contribution is -1.95. The molecule has 0 amide bonds. The van der Waals surface area contributed by atoms with Crippen molar-refractivity contribution in [2.45, 2.75) is 4.90 Å². The molecule has 1 heterocycles. The van der Waals surface area contributed by atoms with E-state index in [2.05, 4.69) is 4.40 Å². The Morgan fingerprint density at radius 1 is 1.33 bits per heavy atom. The van der Waals surface area contributed by atoms with Crippen LogP contribution in [0.15, 0.2) is 27.5 Å². The minimum Gasteiger partial charge on any atom is -0.399 e. The number of nitrogen functional groups attached to an aromatic ring is 1. The third-order valence-electron chi connectivity index (χ3n) is 1.65. The summed E-state index contributed by atoms with van der Waals surface area (Å²) in [6.07, 6.45) is 1.32. The fourth-order valence-corrected chi connectivity index (χ4v) is 2.13. The molecule has 0 spiro atoms. The van der Waals surface area contributed by atoms with Gasteiger partial charge in [0.25, 0.3) is 10.0 Å². The van der Waals surface area contributed by atoms with E-state index in [-0.39, 0.29) is 4.90 Å². The average molecular weight is 182 g/mol. The van der Waals surface area contributed by atoms with Crippen LogP contribution in [0, 0.1) is 0 Å². The number of nitrogens with two attached hydrogens (primary N) is 1. The number of hydrogen-bond acceptors (Lipinski definition) is 3. The first-order chi connectivity index (χ1) is 5.59. The Morgan fingerprint density at radius 2 is 2.08 bits per heavy atom. The van der Waals surface area contributed by atoms with Gasteiger partial charge < -0.3 is 5.73 Å². The van der Waals surface area contributed by atoms with Gasteiger partial charge in [0, 0.05) is 17.5 Å². The molecule has 12 heavy (non-hydrogen) atoms. The van der Waals surface area contributed by atoms with E-state index in [4.69, 9.17) is 5.73 Å². The van der Waals surface area contributed by atoms with Gasteiger partial charge in [-0.25, -0.2) is 0 Å². The lowest BCUT2D eigenvalue weighted by molar-refractivity contribution is 0.599. The smallest absolute Gasteiger partial charge is 0.283 e. The molecule has 1 aliphatic rings. The largest absolute Gasteiger partial charge is 0.399 e. The minimum absolute atomic E-state index is 0.197. The zero-order chi connectivity index (χ0) is 8.77. The molecule has 0 fully saturated rings. The Hall–Kier alpha value is -1.36. The van der Waals surface area contributed by atoms with Gasteiger partial charge in [-0.05, 0) is 18.2 Å². The zero-order valence-electron chi connectivity index (χ0n) is 6.06. The van der Waals surface area contributed by atoms with Crippen molar-refractivity contribution in [2.24, 2.45) is 4.40 Å². The second-order valence-corrected chi connectivity index (χ2v) is 4.11. The van der Waals surface area contributed by atoms with Crippen molar-refractivity contribution >= 4 is 21.9 Å². The number of benzene rings is 1. The Morgan fingerprint density at radius 3 is 2.83 bits per heavy atom. The van der Waals surface area contributed by atoms with E-state index >= 15 is 0 Å². The maximum Gasteiger partial charge on any atom is 0.283 e. The molecule has 62 valence electrons. The van der Waals surface area contributed by atoms with Gasteiger partial charge in [-0.1, -0.05) is 0 Å². The van der Waals surface area contributed by atoms with Crippen LogP contribution in [0.3, 0.4) is 0 Å². The molecule has 0 unspecified atom stereocenters. The van der Waals surface area contributed by atoms with Crippen molar-refractivity contribution in [3.8, 4) is 0 Å². The lowest BCUT2D eigenvalue weighted by Gasteiger charge is -1.96. The van der Waals surface area contributed by atoms with Gasteiger partial charge in [-0.3, -0.25) is 0 Å². The second-order valence-electron chi connectivity index (χ2n) is 2.51. The highest BCUT2D eigenvalue weighted by molar-refractivity contribution is 7.90. The molecular weight excluding hydrogens is 176 g/mol. The summed E-state index contributed by atoms with van der Waals surface area (Å²) in [5, 5.41) is 0.